The van der Waals surface area contributed by atoms with Crippen LogP contribution in [0.25, 0.3) is 0 Å². The van der Waals surface area contributed by atoms with Crippen molar-refractivity contribution in [3.05, 3.63) is 36.0 Å². The van der Waals surface area contributed by atoms with Crippen LogP contribution in [-0.4, -0.2) is 61.7 Å². The fourth-order valence-electron chi connectivity index (χ4n) is 4.42. The van der Waals surface area contributed by atoms with E-state index >= 15 is 0 Å². The molecule has 0 aromatic carbocycles. The Bertz CT molecular complexity index is 775. The number of esters is 1. The van der Waals surface area contributed by atoms with Crippen molar-refractivity contribution in [2.45, 2.75) is 103 Å². The molecule has 0 aliphatic carbocycles. The molecule has 1 N–H and O–H groups in total. The van der Waals surface area contributed by atoms with Crippen molar-refractivity contribution in [1.82, 2.24) is 5.32 Å². The third-order valence-electron chi connectivity index (χ3n) is 6.75. The van der Waals surface area contributed by atoms with Crippen molar-refractivity contribution in [1.29, 1.82) is 0 Å². The third-order valence-corrected chi connectivity index (χ3v) is 6.75. The molecular weight excluding hydrogens is 434 g/mol. The Morgan fingerprint density at radius 1 is 1.24 bits per heavy atom. The molecule has 34 heavy (non-hydrogen) atoms. The van der Waals surface area contributed by atoms with Crippen molar-refractivity contribution in [2.24, 2.45) is 5.92 Å². The molecule has 1 amide bonds. The summed E-state index contributed by atoms with van der Waals surface area (Å²) in [5.74, 6) is -0.272. The predicted molar refractivity (Wildman–Crippen MR) is 132 cm³/mol. The molecular formula is C27H43NO6. The van der Waals surface area contributed by atoms with Crippen LogP contribution in [-0.2, 0) is 28.5 Å². The molecule has 0 spiro atoms. The Hall–Kier alpha value is -1.96. The highest BCUT2D eigenvalue weighted by Gasteiger charge is 2.34. The van der Waals surface area contributed by atoms with Crippen LogP contribution >= 0.6 is 0 Å². The maximum Gasteiger partial charge on any atom is 0.303 e. The predicted octanol–water partition coefficient (Wildman–Crippen LogP) is 4.27. The van der Waals surface area contributed by atoms with Gasteiger partial charge in [0, 0.05) is 26.5 Å². The van der Waals surface area contributed by atoms with Gasteiger partial charge in [0.1, 0.15) is 6.10 Å². The quantitative estimate of drug-likeness (QED) is 0.303. The van der Waals surface area contributed by atoms with Gasteiger partial charge in [-0.1, -0.05) is 30.7 Å². The lowest BCUT2D eigenvalue weighted by Gasteiger charge is -2.39. The number of methoxy groups -OCH3 is 1. The van der Waals surface area contributed by atoms with E-state index in [1.807, 2.05) is 6.92 Å². The number of nitrogens with one attached hydrogen (secondary N) is 1. The summed E-state index contributed by atoms with van der Waals surface area (Å²) in [6, 6.07) is -0.0593. The molecule has 2 rings (SSSR count). The van der Waals surface area contributed by atoms with Crippen LogP contribution in [0.5, 0.6) is 0 Å². The molecule has 2 aliphatic rings. The average Bonchev–Trinajstić information content (AvgIpc) is 2.77. The van der Waals surface area contributed by atoms with Gasteiger partial charge in [-0.2, -0.15) is 0 Å². The Labute approximate surface area is 204 Å². The molecule has 192 valence electrons. The van der Waals surface area contributed by atoms with Gasteiger partial charge in [0.2, 0.25) is 5.91 Å². The second-order valence-electron chi connectivity index (χ2n) is 9.94. The fraction of sp³-hybridized carbons (Fsp3) is 0.704. The summed E-state index contributed by atoms with van der Waals surface area (Å²) in [6.07, 6.45) is 12.5. The molecule has 2 fully saturated rings. The molecule has 2 saturated heterocycles. The van der Waals surface area contributed by atoms with E-state index in [0.717, 1.165) is 25.7 Å². The molecule has 2 heterocycles. The minimum atomic E-state index is -0.440. The highest BCUT2D eigenvalue weighted by atomic mass is 16.5. The zero-order chi connectivity index (χ0) is 25.3. The molecule has 0 radical (unpaired) electrons. The van der Waals surface area contributed by atoms with Gasteiger partial charge in [0.05, 0.1) is 36.6 Å². The standard InChI is InChI=1S/C27H43NO6/c1-18(8-11-23-17-27(6,31-7)14-15-32-23)9-12-25-19(2)16-24(21(4)34-25)28-26(30)13-10-20(3)33-22(5)29/h8-11,13,19-21,23-25H,12,14-17H2,1-7H3,(H,28,30)/b11-8+,13-10-,18-9+. The number of rotatable bonds is 9. The van der Waals surface area contributed by atoms with Crippen LogP contribution in [0.1, 0.15) is 67.2 Å². The molecule has 7 unspecified atom stereocenters. The smallest absolute Gasteiger partial charge is 0.303 e. The Kier molecular flexibility index (Phi) is 11.0. The monoisotopic (exact) mass is 477 g/mol. The van der Waals surface area contributed by atoms with Gasteiger partial charge in [0.15, 0.2) is 0 Å². The largest absolute Gasteiger partial charge is 0.459 e. The van der Waals surface area contributed by atoms with Crippen LogP contribution in [0.3, 0.4) is 0 Å². The van der Waals surface area contributed by atoms with E-state index in [-0.39, 0.29) is 41.8 Å². The Balaban J connectivity index is 1.82. The van der Waals surface area contributed by atoms with Crippen molar-refractivity contribution >= 4 is 11.9 Å². The van der Waals surface area contributed by atoms with Gasteiger partial charge in [-0.3, -0.25) is 9.59 Å². The van der Waals surface area contributed by atoms with Crippen LogP contribution in [0.15, 0.2) is 36.0 Å². The first-order valence-corrected chi connectivity index (χ1v) is 12.3. The second kappa shape index (κ2) is 13.2. The number of ether oxygens (including phenoxy) is 4. The Morgan fingerprint density at radius 2 is 1.97 bits per heavy atom. The van der Waals surface area contributed by atoms with Crippen LogP contribution in [0, 0.1) is 5.92 Å². The molecule has 0 aromatic rings. The lowest BCUT2D eigenvalue weighted by molar-refractivity contribution is -0.143. The number of carbonyl (C=O) groups excluding carboxylic acids is 2. The van der Waals surface area contributed by atoms with Crippen LogP contribution in [0.4, 0.5) is 0 Å². The van der Waals surface area contributed by atoms with Gasteiger partial charge in [0.25, 0.3) is 0 Å². The summed E-state index contributed by atoms with van der Waals surface area (Å²) in [4.78, 5) is 23.3. The summed E-state index contributed by atoms with van der Waals surface area (Å²) < 4.78 is 22.8. The molecule has 7 heteroatoms. The van der Waals surface area contributed by atoms with E-state index < -0.39 is 6.10 Å². The molecule has 0 aromatic heterocycles. The molecule has 2 aliphatic heterocycles. The average molecular weight is 478 g/mol. The first-order chi connectivity index (χ1) is 16.0. The van der Waals surface area contributed by atoms with Crippen molar-refractivity contribution in [2.75, 3.05) is 13.7 Å². The third kappa shape index (κ3) is 9.35. The van der Waals surface area contributed by atoms with Gasteiger partial charge >= 0.3 is 5.97 Å². The van der Waals surface area contributed by atoms with Gasteiger partial charge in [-0.15, -0.1) is 0 Å². The molecule has 7 atom stereocenters. The normalized spacial score (nSPS) is 33.7. The number of allylic oxidation sites excluding steroid dienone is 2. The summed E-state index contributed by atoms with van der Waals surface area (Å²) in [7, 11) is 1.77. The second-order valence-corrected chi connectivity index (χ2v) is 9.94. The van der Waals surface area contributed by atoms with Crippen LogP contribution < -0.4 is 5.32 Å². The van der Waals surface area contributed by atoms with Gasteiger partial charge < -0.3 is 24.3 Å². The van der Waals surface area contributed by atoms with E-state index in [1.165, 1.54) is 18.6 Å². The Morgan fingerprint density at radius 3 is 2.65 bits per heavy atom. The minimum absolute atomic E-state index is 0.0593. The number of amides is 1. The first-order valence-electron chi connectivity index (χ1n) is 12.3. The topological polar surface area (TPSA) is 83.1 Å². The maximum atomic E-state index is 12.3. The summed E-state index contributed by atoms with van der Waals surface area (Å²) in [5.41, 5.74) is 1.06. The summed E-state index contributed by atoms with van der Waals surface area (Å²) >= 11 is 0. The van der Waals surface area contributed by atoms with Crippen molar-refractivity contribution in [3.63, 3.8) is 0 Å². The van der Waals surface area contributed by atoms with E-state index in [2.05, 4.69) is 44.3 Å². The lowest BCUT2D eigenvalue weighted by Crippen LogP contribution is -2.50. The highest BCUT2D eigenvalue weighted by molar-refractivity contribution is 5.87. The maximum absolute atomic E-state index is 12.3. The molecule has 0 bridgehead atoms. The van der Waals surface area contributed by atoms with Crippen molar-refractivity contribution < 1.29 is 28.5 Å². The van der Waals surface area contributed by atoms with Gasteiger partial charge in [-0.25, -0.2) is 0 Å². The van der Waals surface area contributed by atoms with Crippen molar-refractivity contribution in [3.8, 4) is 0 Å². The lowest BCUT2D eigenvalue weighted by atomic mass is 9.88. The summed E-state index contributed by atoms with van der Waals surface area (Å²) in [6.45, 7) is 12.2. The zero-order valence-electron chi connectivity index (χ0n) is 21.8. The number of hydrogen-bond acceptors (Lipinski definition) is 6. The van der Waals surface area contributed by atoms with E-state index in [0.29, 0.717) is 12.5 Å². The minimum Gasteiger partial charge on any atom is -0.459 e. The number of hydrogen-bond donors (Lipinski definition) is 1. The molecule has 7 nitrogen and oxygen atoms in total. The highest BCUT2D eigenvalue weighted by Crippen LogP contribution is 2.29. The molecule has 0 saturated carbocycles. The first kappa shape index (κ1) is 28.3. The van der Waals surface area contributed by atoms with E-state index in [9.17, 15) is 9.59 Å². The van der Waals surface area contributed by atoms with E-state index in [4.69, 9.17) is 18.9 Å². The zero-order valence-corrected chi connectivity index (χ0v) is 21.8. The van der Waals surface area contributed by atoms with Crippen LogP contribution in [0.2, 0.25) is 0 Å². The van der Waals surface area contributed by atoms with E-state index in [1.54, 1.807) is 20.1 Å². The van der Waals surface area contributed by atoms with Gasteiger partial charge in [-0.05, 0) is 59.0 Å². The fourth-order valence-corrected chi connectivity index (χ4v) is 4.42. The summed E-state index contributed by atoms with van der Waals surface area (Å²) in [5, 5.41) is 3.02. The number of carbonyl (C=O) groups is 2. The SMILES string of the molecule is COC1(C)CCOC(/C=C/C(C)=C/CC2OC(C)C(NC(=O)/C=C\C(C)OC(C)=O)CC2C)C1.